The molecule has 0 fully saturated rings. The van der Waals surface area contributed by atoms with Crippen LogP contribution >= 0.6 is 0 Å². The summed E-state index contributed by atoms with van der Waals surface area (Å²) in [5.41, 5.74) is 1.15. The molecule has 0 heterocycles. The molecule has 3 heteroatoms. The zero-order chi connectivity index (χ0) is 12.0. The Morgan fingerprint density at radius 3 is 2.50 bits per heavy atom. The zero-order valence-electron chi connectivity index (χ0n) is 10.4. The van der Waals surface area contributed by atoms with Gasteiger partial charge in [0.25, 0.3) is 0 Å². The second-order valence-electron chi connectivity index (χ2n) is 3.52. The largest absolute Gasteiger partial charge is 0.490 e. The minimum absolute atomic E-state index is 0.257. The highest BCUT2D eigenvalue weighted by molar-refractivity contribution is 5.42. The minimum Gasteiger partial charge on any atom is -0.490 e. The van der Waals surface area contributed by atoms with Gasteiger partial charge in [-0.25, -0.2) is 0 Å². The van der Waals surface area contributed by atoms with Crippen molar-refractivity contribution in [3.63, 3.8) is 0 Å². The lowest BCUT2D eigenvalue weighted by atomic mass is 10.2. The molecule has 0 aliphatic carbocycles. The summed E-state index contributed by atoms with van der Waals surface area (Å²) in [6.45, 7) is 9.06. The number of benzene rings is 1. The molecule has 0 saturated carbocycles. The van der Waals surface area contributed by atoms with Gasteiger partial charge in [-0.3, -0.25) is 0 Å². The summed E-state index contributed by atoms with van der Waals surface area (Å²) in [4.78, 5) is 0. The molecule has 1 aromatic rings. The number of rotatable bonds is 6. The molecule has 0 N–H and O–H groups in total. The maximum absolute atomic E-state index is 5.65. The van der Waals surface area contributed by atoms with Crippen molar-refractivity contribution < 1.29 is 14.2 Å². The van der Waals surface area contributed by atoms with Crippen LogP contribution in [0.15, 0.2) is 18.2 Å². The average Bonchev–Trinajstić information content (AvgIpc) is 2.23. The summed E-state index contributed by atoms with van der Waals surface area (Å²) in [6.07, 6.45) is -0.257. The van der Waals surface area contributed by atoms with E-state index in [4.69, 9.17) is 14.2 Å². The first-order chi connectivity index (χ1) is 7.67. The van der Waals surface area contributed by atoms with E-state index in [1.165, 1.54) is 0 Å². The van der Waals surface area contributed by atoms with E-state index in [9.17, 15) is 0 Å². The Hall–Kier alpha value is -1.22. The molecule has 0 aliphatic heterocycles. The Morgan fingerprint density at radius 1 is 1.12 bits per heavy atom. The summed E-state index contributed by atoms with van der Waals surface area (Å²) in [6, 6.07) is 5.88. The lowest BCUT2D eigenvalue weighted by Crippen LogP contribution is -2.16. The fraction of sp³-hybridized carbons (Fsp3) is 0.538. The summed E-state index contributed by atoms with van der Waals surface area (Å²) in [7, 11) is 0. The Bertz CT molecular complexity index is 323. The van der Waals surface area contributed by atoms with Crippen LogP contribution in [-0.4, -0.2) is 19.5 Å². The molecule has 0 spiro atoms. The van der Waals surface area contributed by atoms with Crippen LogP contribution < -0.4 is 9.47 Å². The van der Waals surface area contributed by atoms with Crippen LogP contribution in [0.5, 0.6) is 11.5 Å². The molecule has 1 aromatic carbocycles. The third-order valence-electron chi connectivity index (χ3n) is 2.09. The standard InChI is InChI=1S/C13H20O3/c1-5-14-11(4)16-12-8-7-10(3)9-13(12)15-6-2/h7-9,11H,5-6H2,1-4H3. The topological polar surface area (TPSA) is 27.7 Å². The van der Waals surface area contributed by atoms with Crippen LogP contribution in [0.3, 0.4) is 0 Å². The molecule has 0 aromatic heterocycles. The molecule has 0 radical (unpaired) electrons. The molecule has 90 valence electrons. The normalized spacial score (nSPS) is 12.2. The van der Waals surface area contributed by atoms with E-state index < -0.39 is 0 Å². The Labute approximate surface area is 97.3 Å². The molecule has 1 rings (SSSR count). The van der Waals surface area contributed by atoms with Crippen LogP contribution in [0, 0.1) is 6.92 Å². The van der Waals surface area contributed by atoms with Crippen LogP contribution in [-0.2, 0) is 4.74 Å². The van der Waals surface area contributed by atoms with E-state index in [0.717, 1.165) is 17.1 Å². The van der Waals surface area contributed by atoms with Gasteiger partial charge in [0.05, 0.1) is 6.61 Å². The van der Waals surface area contributed by atoms with Gasteiger partial charge < -0.3 is 14.2 Å². The van der Waals surface area contributed by atoms with Gasteiger partial charge in [-0.05, 0) is 45.4 Å². The Balaban J connectivity index is 2.77. The Kier molecular flexibility index (Phi) is 5.12. The van der Waals surface area contributed by atoms with E-state index >= 15 is 0 Å². The third kappa shape index (κ3) is 3.74. The van der Waals surface area contributed by atoms with E-state index in [1.54, 1.807) is 0 Å². The van der Waals surface area contributed by atoms with Crippen LogP contribution in [0.1, 0.15) is 26.3 Å². The number of hydrogen-bond acceptors (Lipinski definition) is 3. The first-order valence-electron chi connectivity index (χ1n) is 5.69. The van der Waals surface area contributed by atoms with E-state index in [2.05, 4.69) is 0 Å². The monoisotopic (exact) mass is 224 g/mol. The van der Waals surface area contributed by atoms with Gasteiger partial charge in [-0.1, -0.05) is 6.07 Å². The summed E-state index contributed by atoms with van der Waals surface area (Å²) in [5, 5.41) is 0. The van der Waals surface area contributed by atoms with E-state index in [1.807, 2.05) is 45.9 Å². The van der Waals surface area contributed by atoms with Gasteiger partial charge in [-0.2, -0.15) is 0 Å². The number of hydrogen-bond donors (Lipinski definition) is 0. The molecule has 1 unspecified atom stereocenters. The van der Waals surface area contributed by atoms with E-state index in [-0.39, 0.29) is 6.29 Å². The van der Waals surface area contributed by atoms with Crippen molar-refractivity contribution in [1.82, 2.24) is 0 Å². The quantitative estimate of drug-likeness (QED) is 0.695. The molecule has 0 saturated heterocycles. The first-order valence-corrected chi connectivity index (χ1v) is 5.69. The van der Waals surface area contributed by atoms with Crippen molar-refractivity contribution in [3.8, 4) is 11.5 Å². The predicted molar refractivity (Wildman–Crippen MR) is 64.1 cm³/mol. The second-order valence-corrected chi connectivity index (χ2v) is 3.52. The maximum Gasteiger partial charge on any atom is 0.197 e. The lowest BCUT2D eigenvalue weighted by Gasteiger charge is -2.17. The molecule has 0 bridgehead atoms. The first kappa shape index (κ1) is 12.8. The minimum atomic E-state index is -0.257. The van der Waals surface area contributed by atoms with Crippen LogP contribution in [0.2, 0.25) is 0 Å². The van der Waals surface area contributed by atoms with Crippen molar-refractivity contribution in [2.45, 2.75) is 34.0 Å². The van der Waals surface area contributed by atoms with Gasteiger partial charge in [0.15, 0.2) is 17.8 Å². The van der Waals surface area contributed by atoms with Crippen molar-refractivity contribution >= 4 is 0 Å². The smallest absolute Gasteiger partial charge is 0.197 e. The number of aryl methyl sites for hydroxylation is 1. The van der Waals surface area contributed by atoms with Crippen molar-refractivity contribution in [1.29, 1.82) is 0 Å². The van der Waals surface area contributed by atoms with Crippen LogP contribution in [0.4, 0.5) is 0 Å². The SMILES string of the molecule is CCOc1cc(C)ccc1OC(C)OCC. The third-order valence-corrected chi connectivity index (χ3v) is 2.09. The highest BCUT2D eigenvalue weighted by Gasteiger charge is 2.09. The summed E-state index contributed by atoms with van der Waals surface area (Å²) < 4.78 is 16.5. The average molecular weight is 224 g/mol. The maximum atomic E-state index is 5.65. The lowest BCUT2D eigenvalue weighted by molar-refractivity contribution is -0.0625. The molecular weight excluding hydrogens is 204 g/mol. The highest BCUT2D eigenvalue weighted by atomic mass is 16.7. The fourth-order valence-electron chi connectivity index (χ4n) is 1.43. The molecule has 1 atom stereocenters. The van der Waals surface area contributed by atoms with Gasteiger partial charge in [0, 0.05) is 6.61 Å². The number of ether oxygens (including phenoxy) is 3. The molecule has 16 heavy (non-hydrogen) atoms. The van der Waals surface area contributed by atoms with Gasteiger partial charge in [-0.15, -0.1) is 0 Å². The Morgan fingerprint density at radius 2 is 1.88 bits per heavy atom. The predicted octanol–water partition coefficient (Wildman–Crippen LogP) is 3.16. The zero-order valence-corrected chi connectivity index (χ0v) is 10.4. The van der Waals surface area contributed by atoms with Crippen LogP contribution in [0.25, 0.3) is 0 Å². The molecule has 3 nitrogen and oxygen atoms in total. The van der Waals surface area contributed by atoms with Crippen molar-refractivity contribution in [2.75, 3.05) is 13.2 Å². The molecular formula is C13H20O3. The summed E-state index contributed by atoms with van der Waals surface area (Å²) >= 11 is 0. The molecule has 0 amide bonds. The fourth-order valence-corrected chi connectivity index (χ4v) is 1.43. The van der Waals surface area contributed by atoms with Gasteiger partial charge >= 0.3 is 0 Å². The summed E-state index contributed by atoms with van der Waals surface area (Å²) in [5.74, 6) is 1.50. The van der Waals surface area contributed by atoms with Gasteiger partial charge in [0.2, 0.25) is 0 Å². The van der Waals surface area contributed by atoms with Crippen molar-refractivity contribution in [2.24, 2.45) is 0 Å². The van der Waals surface area contributed by atoms with Crippen molar-refractivity contribution in [3.05, 3.63) is 23.8 Å². The highest BCUT2D eigenvalue weighted by Crippen LogP contribution is 2.29. The second kappa shape index (κ2) is 6.38. The molecule has 0 aliphatic rings. The van der Waals surface area contributed by atoms with E-state index in [0.29, 0.717) is 13.2 Å². The van der Waals surface area contributed by atoms with Gasteiger partial charge in [0.1, 0.15) is 0 Å².